The Labute approximate surface area is 119 Å². The molecule has 0 saturated heterocycles. The Morgan fingerprint density at radius 1 is 1.47 bits per heavy atom. The van der Waals surface area contributed by atoms with Crippen LogP contribution in [0.25, 0.3) is 0 Å². The Hall–Kier alpha value is -1.26. The zero-order valence-corrected chi connectivity index (χ0v) is 12.2. The van der Waals surface area contributed by atoms with Gasteiger partial charge in [-0.05, 0) is 31.5 Å². The molecule has 4 nitrogen and oxygen atoms in total. The Morgan fingerprint density at radius 2 is 2.21 bits per heavy atom. The van der Waals surface area contributed by atoms with Crippen molar-refractivity contribution in [2.45, 2.75) is 39.2 Å². The van der Waals surface area contributed by atoms with E-state index in [1.54, 1.807) is 25.1 Å². The van der Waals surface area contributed by atoms with Gasteiger partial charge < -0.3 is 15.8 Å². The van der Waals surface area contributed by atoms with E-state index in [1.807, 2.05) is 0 Å². The predicted molar refractivity (Wildman–Crippen MR) is 79.4 cm³/mol. The Bertz CT molecular complexity index is 424. The number of ether oxygens (including phenoxy) is 1. The Morgan fingerprint density at radius 3 is 2.84 bits per heavy atom. The molecular formula is C14H21ClN2O2. The van der Waals surface area contributed by atoms with E-state index in [0.29, 0.717) is 23.0 Å². The van der Waals surface area contributed by atoms with Crippen LogP contribution in [0, 0.1) is 0 Å². The van der Waals surface area contributed by atoms with E-state index in [4.69, 9.17) is 22.1 Å². The zero-order valence-electron chi connectivity index (χ0n) is 11.4. The third-order valence-electron chi connectivity index (χ3n) is 2.76. The molecule has 1 unspecified atom stereocenters. The summed E-state index contributed by atoms with van der Waals surface area (Å²) in [6, 6.07) is 4.96. The number of carbonyl (C=O) groups excluding carboxylic acids is 1. The number of rotatable bonds is 7. The number of amides is 1. The van der Waals surface area contributed by atoms with Crippen LogP contribution in [0.5, 0.6) is 0 Å². The van der Waals surface area contributed by atoms with E-state index in [-0.39, 0.29) is 5.91 Å². The van der Waals surface area contributed by atoms with Gasteiger partial charge in [0.15, 0.2) is 0 Å². The molecule has 3 N–H and O–H groups in total. The lowest BCUT2D eigenvalue weighted by atomic mass is 10.2. The molecule has 1 atom stereocenters. The van der Waals surface area contributed by atoms with E-state index in [0.717, 1.165) is 19.3 Å². The molecule has 1 rings (SSSR count). The van der Waals surface area contributed by atoms with Crippen molar-refractivity contribution in [1.29, 1.82) is 0 Å². The van der Waals surface area contributed by atoms with Crippen LogP contribution in [0.2, 0.25) is 5.02 Å². The molecule has 0 saturated carbocycles. The van der Waals surface area contributed by atoms with Crippen LogP contribution in [-0.2, 0) is 9.53 Å². The molecule has 0 radical (unpaired) electrons. The van der Waals surface area contributed by atoms with Gasteiger partial charge >= 0.3 is 0 Å². The maximum absolute atomic E-state index is 11.9. The number of benzene rings is 1. The van der Waals surface area contributed by atoms with Crippen molar-refractivity contribution in [1.82, 2.24) is 0 Å². The van der Waals surface area contributed by atoms with Crippen molar-refractivity contribution < 1.29 is 9.53 Å². The average Bonchev–Trinajstić information content (AvgIpc) is 2.37. The van der Waals surface area contributed by atoms with Gasteiger partial charge in [-0.15, -0.1) is 0 Å². The lowest BCUT2D eigenvalue weighted by Gasteiger charge is -2.14. The van der Waals surface area contributed by atoms with Crippen LogP contribution in [0.4, 0.5) is 11.4 Å². The van der Waals surface area contributed by atoms with Crippen molar-refractivity contribution in [3.8, 4) is 0 Å². The highest BCUT2D eigenvalue weighted by molar-refractivity contribution is 6.31. The highest BCUT2D eigenvalue weighted by Crippen LogP contribution is 2.22. The molecule has 0 aromatic heterocycles. The number of nitrogens with two attached hydrogens (primary N) is 1. The first-order valence-corrected chi connectivity index (χ1v) is 6.90. The fourth-order valence-electron chi connectivity index (χ4n) is 1.57. The summed E-state index contributed by atoms with van der Waals surface area (Å²) >= 11 is 5.80. The molecule has 5 heteroatoms. The number of hydrogen-bond donors (Lipinski definition) is 2. The third-order valence-corrected chi connectivity index (χ3v) is 2.99. The highest BCUT2D eigenvalue weighted by atomic mass is 35.5. The summed E-state index contributed by atoms with van der Waals surface area (Å²) in [5, 5.41) is 3.27. The molecule has 0 aliphatic rings. The van der Waals surface area contributed by atoms with Crippen molar-refractivity contribution >= 4 is 28.9 Å². The van der Waals surface area contributed by atoms with Crippen LogP contribution in [0.15, 0.2) is 18.2 Å². The van der Waals surface area contributed by atoms with Gasteiger partial charge in [-0.2, -0.15) is 0 Å². The molecule has 19 heavy (non-hydrogen) atoms. The molecule has 0 heterocycles. The quantitative estimate of drug-likeness (QED) is 0.595. The second-order valence-electron chi connectivity index (χ2n) is 4.44. The van der Waals surface area contributed by atoms with Crippen LogP contribution in [-0.4, -0.2) is 18.6 Å². The van der Waals surface area contributed by atoms with Gasteiger partial charge in [-0.3, -0.25) is 4.79 Å². The van der Waals surface area contributed by atoms with Crippen molar-refractivity contribution in [3.63, 3.8) is 0 Å². The van der Waals surface area contributed by atoms with E-state index in [9.17, 15) is 4.79 Å². The van der Waals surface area contributed by atoms with Gasteiger partial charge in [0.25, 0.3) is 5.91 Å². The summed E-state index contributed by atoms with van der Waals surface area (Å²) in [6.07, 6.45) is 2.72. The molecule has 0 spiro atoms. The minimum absolute atomic E-state index is 0.203. The molecule has 106 valence electrons. The smallest absolute Gasteiger partial charge is 0.253 e. The molecule has 0 fully saturated rings. The Kier molecular flexibility index (Phi) is 6.67. The van der Waals surface area contributed by atoms with Gasteiger partial charge in [-0.25, -0.2) is 0 Å². The van der Waals surface area contributed by atoms with E-state index in [2.05, 4.69) is 12.2 Å². The third kappa shape index (κ3) is 5.49. The van der Waals surface area contributed by atoms with E-state index >= 15 is 0 Å². The standard InChI is InChI=1S/C14H21ClN2O2/c1-3-4-5-8-19-10(2)14(18)17-13-7-6-11(15)9-12(13)16/h6-7,9-10H,3-5,8,16H2,1-2H3,(H,17,18). The first-order chi connectivity index (χ1) is 9.04. The lowest BCUT2D eigenvalue weighted by Crippen LogP contribution is -2.28. The molecule has 1 amide bonds. The number of nitrogen functional groups attached to an aromatic ring is 1. The maximum Gasteiger partial charge on any atom is 0.253 e. The zero-order chi connectivity index (χ0) is 14.3. The first kappa shape index (κ1) is 15.8. The summed E-state index contributed by atoms with van der Waals surface area (Å²) in [6.45, 7) is 4.45. The summed E-state index contributed by atoms with van der Waals surface area (Å²) < 4.78 is 5.46. The first-order valence-electron chi connectivity index (χ1n) is 6.52. The average molecular weight is 285 g/mol. The minimum atomic E-state index is -0.494. The maximum atomic E-state index is 11.9. The summed E-state index contributed by atoms with van der Waals surface area (Å²) in [5.74, 6) is -0.203. The molecule has 1 aromatic carbocycles. The second-order valence-corrected chi connectivity index (χ2v) is 4.88. The predicted octanol–water partition coefficient (Wildman–Crippen LogP) is 3.46. The summed E-state index contributed by atoms with van der Waals surface area (Å²) in [4.78, 5) is 11.9. The topological polar surface area (TPSA) is 64.3 Å². The number of halogens is 1. The number of unbranched alkanes of at least 4 members (excludes halogenated alkanes) is 2. The number of hydrogen-bond acceptors (Lipinski definition) is 3. The molecular weight excluding hydrogens is 264 g/mol. The monoisotopic (exact) mass is 284 g/mol. The van der Waals surface area contributed by atoms with Gasteiger partial charge in [0.2, 0.25) is 0 Å². The van der Waals surface area contributed by atoms with Crippen LogP contribution in [0.1, 0.15) is 33.1 Å². The number of anilines is 2. The van der Waals surface area contributed by atoms with Gasteiger partial charge in [-0.1, -0.05) is 31.4 Å². The van der Waals surface area contributed by atoms with E-state index < -0.39 is 6.10 Å². The summed E-state index contributed by atoms with van der Waals surface area (Å²) in [7, 11) is 0. The van der Waals surface area contributed by atoms with Crippen molar-refractivity contribution in [3.05, 3.63) is 23.2 Å². The van der Waals surface area contributed by atoms with Gasteiger partial charge in [0.1, 0.15) is 6.10 Å². The second kappa shape index (κ2) is 8.02. The molecule has 0 aliphatic heterocycles. The van der Waals surface area contributed by atoms with Crippen molar-refractivity contribution in [2.24, 2.45) is 0 Å². The Balaban J connectivity index is 2.45. The van der Waals surface area contributed by atoms with Crippen molar-refractivity contribution in [2.75, 3.05) is 17.7 Å². The largest absolute Gasteiger partial charge is 0.397 e. The van der Waals surface area contributed by atoms with Crippen LogP contribution in [0.3, 0.4) is 0 Å². The summed E-state index contributed by atoms with van der Waals surface area (Å²) in [5.41, 5.74) is 6.77. The van der Waals surface area contributed by atoms with Crippen LogP contribution < -0.4 is 11.1 Å². The lowest BCUT2D eigenvalue weighted by molar-refractivity contribution is -0.126. The minimum Gasteiger partial charge on any atom is -0.397 e. The van der Waals surface area contributed by atoms with Gasteiger partial charge in [0.05, 0.1) is 11.4 Å². The fourth-order valence-corrected chi connectivity index (χ4v) is 1.75. The molecule has 0 bridgehead atoms. The molecule has 1 aromatic rings. The number of nitrogens with one attached hydrogen (secondary N) is 1. The number of carbonyl (C=O) groups is 1. The SMILES string of the molecule is CCCCCOC(C)C(=O)Nc1ccc(Cl)cc1N. The fraction of sp³-hybridized carbons (Fsp3) is 0.500. The van der Waals surface area contributed by atoms with Crippen LogP contribution >= 0.6 is 11.6 Å². The van der Waals surface area contributed by atoms with Gasteiger partial charge in [0, 0.05) is 11.6 Å². The normalized spacial score (nSPS) is 12.2. The molecule has 0 aliphatic carbocycles. The highest BCUT2D eigenvalue weighted by Gasteiger charge is 2.14. The van der Waals surface area contributed by atoms with E-state index in [1.165, 1.54) is 0 Å².